The van der Waals surface area contributed by atoms with Crippen molar-refractivity contribution in [3.63, 3.8) is 0 Å². The minimum absolute atomic E-state index is 0.582. The van der Waals surface area contributed by atoms with E-state index in [1.165, 1.54) is 6.08 Å². The monoisotopic (exact) mass is 479 g/mol. The summed E-state index contributed by atoms with van der Waals surface area (Å²) in [6.45, 7) is 3.31. The number of carboxylic acids is 1. The van der Waals surface area contributed by atoms with E-state index in [0.29, 0.717) is 24.7 Å². The Kier molecular flexibility index (Phi) is 13.5. The number of hydrogen-bond acceptors (Lipinski definition) is 4. The van der Waals surface area contributed by atoms with Gasteiger partial charge in [0.2, 0.25) is 0 Å². The molecule has 0 aromatic heterocycles. The van der Waals surface area contributed by atoms with Gasteiger partial charge in [0.25, 0.3) is 0 Å². The van der Waals surface area contributed by atoms with Gasteiger partial charge in [-0.15, -0.1) is 33.2 Å². The molecule has 0 aliphatic carbocycles. The van der Waals surface area contributed by atoms with Crippen molar-refractivity contribution in [2.24, 2.45) is 0 Å². The van der Waals surface area contributed by atoms with Gasteiger partial charge in [-0.2, -0.15) is 0 Å². The third-order valence-corrected chi connectivity index (χ3v) is 6.87. The Bertz CT molecular complexity index is 633. The molecule has 0 spiro atoms. The van der Waals surface area contributed by atoms with Gasteiger partial charge in [0.1, 0.15) is 0 Å². The first-order chi connectivity index (χ1) is 13.8. The zero-order valence-corrected chi connectivity index (χ0v) is 20.2. The Morgan fingerprint density at radius 2 is 1.59 bits per heavy atom. The lowest BCUT2D eigenvalue weighted by Gasteiger charge is -2.13. The molecule has 8 heteroatoms. The van der Waals surface area contributed by atoms with Crippen molar-refractivity contribution in [2.75, 3.05) is 13.2 Å². The third kappa shape index (κ3) is 13.9. The van der Waals surface area contributed by atoms with Crippen LogP contribution in [-0.2, 0) is 4.79 Å². The van der Waals surface area contributed by atoms with Crippen molar-refractivity contribution >= 4 is 51.3 Å². The van der Waals surface area contributed by atoms with Crippen LogP contribution in [0.5, 0.6) is 11.5 Å². The highest BCUT2D eigenvalue weighted by Gasteiger charge is 2.23. The number of unbranched alkanes of at least 4 members (excludes halogenated alkanes) is 6. The molecule has 4 nitrogen and oxygen atoms in total. The predicted molar refractivity (Wildman–Crippen MR) is 122 cm³/mol. The maximum absolute atomic E-state index is 10.6. The molecule has 1 aromatic carbocycles. The summed E-state index contributed by atoms with van der Waals surface area (Å²) in [7, 11) is 0. The zero-order chi connectivity index (χ0) is 21.5. The van der Waals surface area contributed by atoms with E-state index in [1.807, 2.05) is 6.07 Å². The number of ether oxygens (including phenoxy) is 2. The molecule has 0 unspecified atom stereocenters. The van der Waals surface area contributed by atoms with Crippen LogP contribution in [0.15, 0.2) is 24.3 Å². The molecule has 0 aliphatic heterocycles. The highest BCUT2D eigenvalue weighted by molar-refractivity contribution is 7.64. The Balaban J connectivity index is 2.42. The van der Waals surface area contributed by atoms with Crippen molar-refractivity contribution in [2.45, 2.75) is 64.3 Å². The van der Waals surface area contributed by atoms with E-state index < -0.39 is 12.0 Å². The normalized spacial score (nSPS) is 11.7. The number of halogens is 3. The lowest BCUT2D eigenvalue weighted by Crippen LogP contribution is -2.18. The molecule has 0 saturated carbocycles. The lowest BCUT2D eigenvalue weighted by molar-refractivity contribution is -0.297. The molecule has 0 amide bonds. The van der Waals surface area contributed by atoms with Gasteiger partial charge < -0.3 is 19.4 Å². The fourth-order valence-electron chi connectivity index (χ4n) is 2.67. The van der Waals surface area contributed by atoms with E-state index in [9.17, 15) is 9.90 Å². The van der Waals surface area contributed by atoms with Crippen molar-refractivity contribution in [1.29, 1.82) is 0 Å². The van der Waals surface area contributed by atoms with Crippen LogP contribution in [-0.4, -0.2) is 25.2 Å². The standard InChI is InChI=1S/C21H31Cl3O4Si/c1-2-3-14-27-19-12-10-18(11-13-21(25)26)17-20(19)28-15-8-6-4-5-7-9-16-29(22,23)24/h10-13,17H,2-9,14-16H2,1H3,(H,25,26)/p-1/b13-11+. The number of hydrogen-bond donors (Lipinski definition) is 0. The molecule has 0 fully saturated rings. The molecule has 29 heavy (non-hydrogen) atoms. The second-order valence-corrected chi connectivity index (χ2v) is 16.2. The summed E-state index contributed by atoms with van der Waals surface area (Å²) in [4.78, 5) is 10.6. The van der Waals surface area contributed by atoms with Crippen LogP contribution in [0.25, 0.3) is 6.08 Å². The minimum Gasteiger partial charge on any atom is -0.545 e. The quantitative estimate of drug-likeness (QED) is 0.126. The molecule has 0 atom stereocenters. The predicted octanol–water partition coefficient (Wildman–Crippen LogP) is 6.00. The van der Waals surface area contributed by atoms with E-state index in [1.54, 1.807) is 12.1 Å². The molecule has 164 valence electrons. The Hall–Kier alpha value is -0.883. The second kappa shape index (κ2) is 15.0. The second-order valence-electron chi connectivity index (χ2n) is 6.90. The van der Waals surface area contributed by atoms with Crippen LogP contribution < -0.4 is 14.6 Å². The van der Waals surface area contributed by atoms with Gasteiger partial charge in [0.15, 0.2) is 11.5 Å². The summed E-state index contributed by atoms with van der Waals surface area (Å²) < 4.78 is 11.7. The summed E-state index contributed by atoms with van der Waals surface area (Å²) in [5.41, 5.74) is 0.726. The maximum atomic E-state index is 10.6. The van der Waals surface area contributed by atoms with Crippen LogP contribution in [0, 0.1) is 0 Å². The largest absolute Gasteiger partial charge is 0.545 e. The number of carbonyl (C=O) groups is 1. The van der Waals surface area contributed by atoms with Gasteiger partial charge in [-0.1, -0.05) is 57.6 Å². The summed E-state index contributed by atoms with van der Waals surface area (Å²) in [5.74, 6) is 0.0843. The zero-order valence-electron chi connectivity index (χ0n) is 16.9. The third-order valence-electron chi connectivity index (χ3n) is 4.25. The van der Waals surface area contributed by atoms with Crippen LogP contribution in [0.3, 0.4) is 0 Å². The SMILES string of the molecule is CCCCOc1ccc(/C=C/C(=O)[O-])cc1OCCCCCCCC[Si](Cl)(Cl)Cl. The van der Waals surface area contributed by atoms with Crippen molar-refractivity contribution in [1.82, 2.24) is 0 Å². The van der Waals surface area contributed by atoms with Gasteiger partial charge in [-0.05, 0) is 42.7 Å². The summed E-state index contributed by atoms with van der Waals surface area (Å²) in [6.07, 6.45) is 10.8. The van der Waals surface area contributed by atoms with Crippen LogP contribution in [0.1, 0.15) is 63.9 Å². The number of carboxylic acid groups (broad SMARTS) is 1. The van der Waals surface area contributed by atoms with E-state index in [0.717, 1.165) is 69.1 Å². The highest BCUT2D eigenvalue weighted by atomic mass is 35.8. The van der Waals surface area contributed by atoms with Crippen LogP contribution >= 0.6 is 33.2 Å². The first kappa shape index (κ1) is 26.2. The average Bonchev–Trinajstić information content (AvgIpc) is 2.65. The number of aliphatic carboxylic acids is 1. The molecule has 0 saturated heterocycles. The lowest BCUT2D eigenvalue weighted by atomic mass is 10.1. The van der Waals surface area contributed by atoms with E-state index >= 15 is 0 Å². The van der Waals surface area contributed by atoms with Crippen molar-refractivity contribution < 1.29 is 19.4 Å². The maximum Gasteiger partial charge on any atom is 0.341 e. The van der Waals surface area contributed by atoms with Gasteiger partial charge in [-0.25, -0.2) is 0 Å². The van der Waals surface area contributed by atoms with E-state index in [-0.39, 0.29) is 0 Å². The van der Waals surface area contributed by atoms with Crippen LogP contribution in [0.4, 0.5) is 0 Å². The number of benzene rings is 1. The van der Waals surface area contributed by atoms with Crippen LogP contribution in [0.2, 0.25) is 6.04 Å². The molecule has 0 heterocycles. The highest BCUT2D eigenvalue weighted by Crippen LogP contribution is 2.30. The smallest absolute Gasteiger partial charge is 0.341 e. The molecular formula is C21H30Cl3O4Si-. The Labute approximate surface area is 189 Å². The first-order valence-corrected chi connectivity index (χ1v) is 15.4. The number of carbonyl (C=O) groups excluding carboxylic acids is 1. The Morgan fingerprint density at radius 1 is 0.966 bits per heavy atom. The fourth-order valence-corrected chi connectivity index (χ4v) is 4.52. The topological polar surface area (TPSA) is 58.6 Å². The van der Waals surface area contributed by atoms with E-state index in [4.69, 9.17) is 42.7 Å². The summed E-state index contributed by atoms with van der Waals surface area (Å²) >= 11 is 17.6. The Morgan fingerprint density at radius 3 is 2.24 bits per heavy atom. The first-order valence-electron chi connectivity index (χ1n) is 10.2. The molecular weight excluding hydrogens is 451 g/mol. The summed E-state index contributed by atoms with van der Waals surface area (Å²) in [5, 5.41) is 10.6. The van der Waals surface area contributed by atoms with Gasteiger partial charge in [0.05, 0.1) is 19.2 Å². The molecule has 1 aromatic rings. The average molecular weight is 481 g/mol. The fraction of sp³-hybridized carbons (Fsp3) is 0.571. The molecule has 0 N–H and O–H groups in total. The minimum atomic E-state index is -2.47. The van der Waals surface area contributed by atoms with Gasteiger partial charge in [-0.3, -0.25) is 0 Å². The van der Waals surface area contributed by atoms with Crippen molar-refractivity contribution in [3.8, 4) is 11.5 Å². The van der Waals surface area contributed by atoms with E-state index in [2.05, 4.69) is 6.92 Å². The number of rotatable bonds is 16. The molecule has 1 rings (SSSR count). The molecule has 0 bridgehead atoms. The van der Waals surface area contributed by atoms with Gasteiger partial charge in [0, 0.05) is 0 Å². The van der Waals surface area contributed by atoms with Crippen molar-refractivity contribution in [3.05, 3.63) is 29.8 Å². The molecule has 0 radical (unpaired) electrons. The summed E-state index contributed by atoms with van der Waals surface area (Å²) in [6, 6.07) is 3.67. The van der Waals surface area contributed by atoms with Gasteiger partial charge >= 0.3 is 6.00 Å². The molecule has 0 aliphatic rings.